The minimum absolute atomic E-state index is 1.09. The molecule has 2 heteroatoms. The maximum absolute atomic E-state index is 2.43. The molecule has 1 aromatic heterocycles. The molecular weight excluding hydrogens is 797 g/mol. The van der Waals surface area contributed by atoms with Gasteiger partial charge in [0.1, 0.15) is 0 Å². The first-order valence-electron chi connectivity index (χ1n) is 22.8. The van der Waals surface area contributed by atoms with E-state index in [1.807, 2.05) is 0 Å². The smallest absolute Gasteiger partial charge is 0.0542 e. The van der Waals surface area contributed by atoms with E-state index in [0.717, 1.165) is 28.3 Å². The van der Waals surface area contributed by atoms with Crippen LogP contribution < -0.4 is 4.90 Å². The van der Waals surface area contributed by atoms with E-state index < -0.39 is 0 Å². The summed E-state index contributed by atoms with van der Waals surface area (Å²) >= 11 is 0. The lowest BCUT2D eigenvalue weighted by atomic mass is 9.84. The van der Waals surface area contributed by atoms with Crippen molar-refractivity contribution in [1.82, 2.24) is 4.57 Å². The molecule has 0 unspecified atom stereocenters. The van der Waals surface area contributed by atoms with Gasteiger partial charge in [-0.3, -0.25) is 0 Å². The third-order valence-electron chi connectivity index (χ3n) is 13.5. The second kappa shape index (κ2) is 15.5. The van der Waals surface area contributed by atoms with Gasteiger partial charge < -0.3 is 9.47 Å². The zero-order valence-corrected chi connectivity index (χ0v) is 36.1. The van der Waals surface area contributed by atoms with E-state index in [0.29, 0.717) is 0 Å². The summed E-state index contributed by atoms with van der Waals surface area (Å²) in [6, 6.07) is 93.4. The second-order valence-electron chi connectivity index (χ2n) is 17.3. The molecule has 0 aliphatic rings. The van der Waals surface area contributed by atoms with Crippen LogP contribution in [0, 0.1) is 0 Å². The van der Waals surface area contributed by atoms with Gasteiger partial charge >= 0.3 is 0 Å². The van der Waals surface area contributed by atoms with E-state index in [9.17, 15) is 0 Å². The fraction of sp³-hybridized carbons (Fsp3) is 0. The molecule has 66 heavy (non-hydrogen) atoms. The van der Waals surface area contributed by atoms with E-state index in [2.05, 4.69) is 264 Å². The molecule has 1 heterocycles. The Bertz CT molecular complexity index is 3980. The van der Waals surface area contributed by atoms with Crippen molar-refractivity contribution in [2.75, 3.05) is 4.90 Å². The minimum Gasteiger partial charge on any atom is -0.310 e. The predicted molar refractivity (Wildman–Crippen MR) is 282 cm³/mol. The van der Waals surface area contributed by atoms with Crippen LogP contribution in [0.3, 0.4) is 0 Å². The number of benzene rings is 12. The normalized spacial score (nSPS) is 11.6. The number of hydrogen-bond donors (Lipinski definition) is 0. The molecule has 0 atom stereocenters. The Morgan fingerprint density at radius 3 is 1.55 bits per heavy atom. The molecule has 0 N–H and O–H groups in total. The van der Waals surface area contributed by atoms with Gasteiger partial charge in [0, 0.05) is 33.5 Å². The zero-order valence-electron chi connectivity index (χ0n) is 36.1. The van der Waals surface area contributed by atoms with Gasteiger partial charge in [-0.15, -0.1) is 0 Å². The molecule has 2 nitrogen and oxygen atoms in total. The Balaban J connectivity index is 1.03. The Morgan fingerprint density at radius 1 is 0.242 bits per heavy atom. The predicted octanol–water partition coefficient (Wildman–Crippen LogP) is 17.9. The van der Waals surface area contributed by atoms with Crippen LogP contribution in [0.2, 0.25) is 0 Å². The van der Waals surface area contributed by atoms with Gasteiger partial charge in [0.15, 0.2) is 0 Å². The number of nitrogens with zero attached hydrogens (tertiary/aromatic N) is 2. The summed E-state index contributed by atoms with van der Waals surface area (Å²) in [5.74, 6) is 0. The fourth-order valence-electron chi connectivity index (χ4n) is 10.5. The first-order valence-corrected chi connectivity index (χ1v) is 22.8. The van der Waals surface area contributed by atoms with Crippen molar-refractivity contribution in [3.05, 3.63) is 255 Å². The molecule has 308 valence electrons. The molecule has 12 aromatic carbocycles. The summed E-state index contributed by atoms with van der Waals surface area (Å²) in [6.45, 7) is 0. The SMILES string of the molecule is c1ccc(-c2c(-c3ccccc3)c3cc(-c4cccc(N(c5ccc6c(ccc7ccccc76)c5)c5ccc6c(c5)c5ccccc5n6-c5ccccc5)c4)ccc3c3ccccc23)cc1. The highest BCUT2D eigenvalue weighted by Gasteiger charge is 2.21. The lowest BCUT2D eigenvalue weighted by Crippen LogP contribution is -2.10. The van der Waals surface area contributed by atoms with E-state index >= 15 is 0 Å². The molecule has 0 radical (unpaired) electrons. The standard InChI is InChI=1S/C64H42N2/c1-4-18-44(19-5-1)63-58-29-13-12-27-55(58)56-36-33-47(41-60(56)64(63)45-20-6-2-7-21-45)46-22-16-25-50(39-46)65(51-34-37-54-48(40-51)32-31-43-17-10-11-26-53(43)54)52-35-38-62-59(42-52)57-28-14-15-30-61(57)66(62)49-23-8-3-9-24-49/h1-42H. The first kappa shape index (κ1) is 37.8. The van der Waals surface area contributed by atoms with Crippen molar-refractivity contribution < 1.29 is 0 Å². The molecule has 0 spiro atoms. The Labute approximate surface area is 383 Å². The van der Waals surface area contributed by atoms with Gasteiger partial charge in [-0.2, -0.15) is 0 Å². The summed E-state index contributed by atoms with van der Waals surface area (Å²) in [5, 5.41) is 12.4. The van der Waals surface area contributed by atoms with Gasteiger partial charge in [-0.1, -0.05) is 188 Å². The van der Waals surface area contributed by atoms with Gasteiger partial charge in [-0.25, -0.2) is 0 Å². The average Bonchev–Trinajstić information content (AvgIpc) is 3.72. The third-order valence-corrected chi connectivity index (χ3v) is 13.5. The zero-order chi connectivity index (χ0) is 43.6. The molecule has 0 bridgehead atoms. The van der Waals surface area contributed by atoms with Gasteiger partial charge in [0.25, 0.3) is 0 Å². The monoisotopic (exact) mass is 838 g/mol. The molecule has 0 saturated heterocycles. The van der Waals surface area contributed by atoms with Crippen molar-refractivity contribution >= 4 is 82.0 Å². The lowest BCUT2D eigenvalue weighted by Gasteiger charge is -2.27. The topological polar surface area (TPSA) is 8.17 Å². The highest BCUT2D eigenvalue weighted by Crippen LogP contribution is 2.47. The van der Waals surface area contributed by atoms with E-state index in [-0.39, 0.29) is 0 Å². The van der Waals surface area contributed by atoms with Crippen molar-refractivity contribution in [2.45, 2.75) is 0 Å². The summed E-state index contributed by atoms with van der Waals surface area (Å²) in [4.78, 5) is 2.43. The molecule has 13 rings (SSSR count). The van der Waals surface area contributed by atoms with Crippen LogP contribution in [0.5, 0.6) is 0 Å². The summed E-state index contributed by atoms with van der Waals surface area (Å²) < 4.78 is 2.39. The Kier molecular flexibility index (Phi) is 8.89. The van der Waals surface area contributed by atoms with Crippen LogP contribution in [0.1, 0.15) is 0 Å². The number of fused-ring (bicyclic) bond motifs is 9. The number of anilines is 3. The van der Waals surface area contributed by atoms with Crippen molar-refractivity contribution in [1.29, 1.82) is 0 Å². The van der Waals surface area contributed by atoms with E-state index in [4.69, 9.17) is 0 Å². The fourth-order valence-corrected chi connectivity index (χ4v) is 10.5. The lowest BCUT2D eigenvalue weighted by molar-refractivity contribution is 1.18. The van der Waals surface area contributed by atoms with Crippen LogP contribution in [-0.2, 0) is 0 Å². The molecule has 0 aliphatic heterocycles. The number of aromatic nitrogens is 1. The van der Waals surface area contributed by atoms with Gasteiger partial charge in [-0.05, 0) is 143 Å². The maximum atomic E-state index is 2.43. The van der Waals surface area contributed by atoms with Crippen molar-refractivity contribution in [3.63, 3.8) is 0 Å². The first-order chi connectivity index (χ1) is 32.7. The second-order valence-corrected chi connectivity index (χ2v) is 17.3. The van der Waals surface area contributed by atoms with Gasteiger partial charge in [0.05, 0.1) is 11.0 Å². The minimum atomic E-state index is 1.09. The summed E-state index contributed by atoms with van der Waals surface area (Å²) in [7, 11) is 0. The number of hydrogen-bond acceptors (Lipinski definition) is 1. The average molecular weight is 839 g/mol. The highest BCUT2D eigenvalue weighted by molar-refractivity contribution is 6.22. The van der Waals surface area contributed by atoms with Crippen molar-refractivity contribution in [3.8, 4) is 39.1 Å². The molecule has 13 aromatic rings. The van der Waals surface area contributed by atoms with Crippen molar-refractivity contribution in [2.24, 2.45) is 0 Å². The van der Waals surface area contributed by atoms with Crippen LogP contribution in [-0.4, -0.2) is 4.57 Å². The van der Waals surface area contributed by atoms with Gasteiger partial charge in [0.2, 0.25) is 0 Å². The van der Waals surface area contributed by atoms with Crippen LogP contribution in [0.25, 0.3) is 104 Å². The van der Waals surface area contributed by atoms with Crippen LogP contribution in [0.15, 0.2) is 255 Å². The van der Waals surface area contributed by atoms with Crippen LogP contribution >= 0.6 is 0 Å². The van der Waals surface area contributed by atoms with E-state index in [1.54, 1.807) is 0 Å². The molecule has 0 saturated carbocycles. The molecule has 0 amide bonds. The molecule has 0 fully saturated rings. The largest absolute Gasteiger partial charge is 0.310 e. The summed E-state index contributed by atoms with van der Waals surface area (Å²) in [5.41, 5.74) is 14.1. The Morgan fingerprint density at radius 2 is 0.758 bits per heavy atom. The van der Waals surface area contributed by atoms with Crippen LogP contribution in [0.4, 0.5) is 17.1 Å². The number of para-hydroxylation sites is 2. The Hall–Kier alpha value is -8.72. The van der Waals surface area contributed by atoms with E-state index in [1.165, 1.54) is 92.7 Å². The molecular formula is C64H42N2. The summed E-state index contributed by atoms with van der Waals surface area (Å²) in [6.07, 6.45) is 0. The highest BCUT2D eigenvalue weighted by atomic mass is 15.1. The maximum Gasteiger partial charge on any atom is 0.0542 e. The quantitative estimate of drug-likeness (QED) is 0.145. The number of rotatable bonds is 7. The molecule has 0 aliphatic carbocycles. The third kappa shape index (κ3) is 6.18.